The minimum atomic E-state index is -0.908. The highest BCUT2D eigenvalue weighted by atomic mass is 16.6. The quantitative estimate of drug-likeness (QED) is 0.691. The number of aliphatic hydroxyl groups excluding tert-OH is 1. The van der Waals surface area contributed by atoms with Gasteiger partial charge in [-0.05, 0) is 42.2 Å². The van der Waals surface area contributed by atoms with Gasteiger partial charge < -0.3 is 9.84 Å². The largest absolute Gasteiger partial charge is 0.490 e. The first-order valence-electron chi connectivity index (χ1n) is 6.51. The zero-order valence-electron chi connectivity index (χ0n) is 12.2. The van der Waals surface area contributed by atoms with Crippen LogP contribution in [0.5, 0.6) is 5.75 Å². The summed E-state index contributed by atoms with van der Waals surface area (Å²) < 4.78 is 4.96. The fourth-order valence-electron chi connectivity index (χ4n) is 2.15. The first-order valence-corrected chi connectivity index (χ1v) is 6.51. The molecule has 2 rings (SSSR count). The first kappa shape index (κ1) is 15.0. The van der Waals surface area contributed by atoms with Gasteiger partial charge in [-0.15, -0.1) is 0 Å². The van der Waals surface area contributed by atoms with Crippen molar-refractivity contribution in [3.8, 4) is 5.75 Å². The molecule has 0 saturated heterocycles. The highest BCUT2D eigenvalue weighted by molar-refractivity contribution is 5.50. The fourth-order valence-corrected chi connectivity index (χ4v) is 2.15. The van der Waals surface area contributed by atoms with E-state index in [9.17, 15) is 15.2 Å². The summed E-state index contributed by atoms with van der Waals surface area (Å²) in [7, 11) is 1.38. The molecule has 2 aromatic rings. The molecule has 0 heterocycles. The van der Waals surface area contributed by atoms with Gasteiger partial charge in [0.05, 0.1) is 12.0 Å². The summed E-state index contributed by atoms with van der Waals surface area (Å²) in [6, 6.07) is 10.1. The SMILES string of the molecule is COc1ccc([C@H](O)c2ccc(C)c(C)c2)cc1[N+](=O)[O-]. The van der Waals surface area contributed by atoms with Gasteiger partial charge in [0, 0.05) is 6.07 Å². The Hall–Kier alpha value is -2.40. The van der Waals surface area contributed by atoms with Gasteiger partial charge in [-0.25, -0.2) is 0 Å². The van der Waals surface area contributed by atoms with Gasteiger partial charge in [0.15, 0.2) is 5.75 Å². The lowest BCUT2D eigenvalue weighted by Gasteiger charge is -2.14. The fraction of sp³-hybridized carbons (Fsp3) is 0.250. The predicted molar refractivity (Wildman–Crippen MR) is 79.6 cm³/mol. The van der Waals surface area contributed by atoms with E-state index in [0.717, 1.165) is 11.1 Å². The average molecular weight is 287 g/mol. The molecule has 21 heavy (non-hydrogen) atoms. The zero-order valence-corrected chi connectivity index (χ0v) is 12.2. The summed E-state index contributed by atoms with van der Waals surface area (Å²) in [5, 5.41) is 21.4. The molecule has 0 amide bonds. The van der Waals surface area contributed by atoms with Crippen LogP contribution in [0.2, 0.25) is 0 Å². The van der Waals surface area contributed by atoms with Crippen molar-refractivity contribution in [2.24, 2.45) is 0 Å². The van der Waals surface area contributed by atoms with E-state index in [2.05, 4.69) is 0 Å². The van der Waals surface area contributed by atoms with Crippen LogP contribution in [0, 0.1) is 24.0 Å². The van der Waals surface area contributed by atoms with Crippen molar-refractivity contribution in [2.75, 3.05) is 7.11 Å². The van der Waals surface area contributed by atoms with Crippen LogP contribution in [0.15, 0.2) is 36.4 Å². The molecule has 5 heteroatoms. The van der Waals surface area contributed by atoms with Crippen molar-refractivity contribution in [1.29, 1.82) is 0 Å². The van der Waals surface area contributed by atoms with Gasteiger partial charge in [0.1, 0.15) is 6.10 Å². The summed E-state index contributed by atoms with van der Waals surface area (Å²) in [6.07, 6.45) is -0.908. The van der Waals surface area contributed by atoms with Gasteiger partial charge in [-0.3, -0.25) is 10.1 Å². The molecule has 5 nitrogen and oxygen atoms in total. The molecule has 0 aliphatic carbocycles. The molecule has 2 aromatic carbocycles. The Bertz CT molecular complexity index is 682. The standard InChI is InChI=1S/C16H17NO4/c1-10-4-5-12(8-11(10)2)16(18)13-6-7-15(21-3)14(9-13)17(19)20/h4-9,16,18H,1-3H3/t16-/m1/s1. The molecule has 0 saturated carbocycles. The Morgan fingerprint density at radius 3 is 2.29 bits per heavy atom. The maximum absolute atomic E-state index is 11.0. The maximum Gasteiger partial charge on any atom is 0.311 e. The molecule has 0 aliphatic heterocycles. The Morgan fingerprint density at radius 1 is 1.10 bits per heavy atom. The Balaban J connectivity index is 2.43. The van der Waals surface area contributed by atoms with Crippen LogP contribution < -0.4 is 4.74 Å². The number of ether oxygens (including phenoxy) is 1. The molecule has 0 spiro atoms. The number of nitro benzene ring substituents is 1. The van der Waals surface area contributed by atoms with Crippen LogP contribution in [-0.4, -0.2) is 17.1 Å². The van der Waals surface area contributed by atoms with E-state index in [4.69, 9.17) is 4.74 Å². The molecule has 0 radical (unpaired) electrons. The van der Waals surface area contributed by atoms with E-state index in [0.29, 0.717) is 11.1 Å². The van der Waals surface area contributed by atoms with E-state index >= 15 is 0 Å². The second-order valence-corrected chi connectivity index (χ2v) is 4.93. The van der Waals surface area contributed by atoms with Gasteiger partial charge >= 0.3 is 5.69 Å². The van der Waals surface area contributed by atoms with Crippen molar-refractivity contribution in [3.05, 3.63) is 68.8 Å². The Morgan fingerprint density at radius 2 is 1.71 bits per heavy atom. The van der Waals surface area contributed by atoms with Crippen LogP contribution in [-0.2, 0) is 0 Å². The first-order chi connectivity index (χ1) is 9.93. The number of aliphatic hydroxyl groups is 1. The third-order valence-corrected chi connectivity index (χ3v) is 3.56. The molecular weight excluding hydrogens is 270 g/mol. The topological polar surface area (TPSA) is 72.6 Å². The number of rotatable bonds is 4. The minimum Gasteiger partial charge on any atom is -0.490 e. The molecule has 0 fully saturated rings. The van der Waals surface area contributed by atoms with E-state index in [1.807, 2.05) is 32.0 Å². The van der Waals surface area contributed by atoms with Crippen molar-refractivity contribution in [3.63, 3.8) is 0 Å². The second-order valence-electron chi connectivity index (χ2n) is 4.93. The van der Waals surface area contributed by atoms with Gasteiger partial charge in [0.25, 0.3) is 0 Å². The number of methoxy groups -OCH3 is 1. The van der Waals surface area contributed by atoms with Gasteiger partial charge in [0.2, 0.25) is 0 Å². The highest BCUT2D eigenvalue weighted by Gasteiger charge is 2.19. The van der Waals surface area contributed by atoms with E-state index < -0.39 is 11.0 Å². The molecule has 1 atom stereocenters. The van der Waals surface area contributed by atoms with Crippen molar-refractivity contribution in [2.45, 2.75) is 20.0 Å². The highest BCUT2D eigenvalue weighted by Crippen LogP contribution is 2.32. The van der Waals surface area contributed by atoms with Crippen LogP contribution >= 0.6 is 0 Å². The lowest BCUT2D eigenvalue weighted by molar-refractivity contribution is -0.385. The van der Waals surface area contributed by atoms with Crippen LogP contribution in [0.1, 0.15) is 28.4 Å². The number of nitro groups is 1. The molecule has 0 unspecified atom stereocenters. The third kappa shape index (κ3) is 3.03. The molecule has 0 aliphatic rings. The Kier molecular flexibility index (Phi) is 4.23. The maximum atomic E-state index is 11.0. The summed E-state index contributed by atoms with van der Waals surface area (Å²) in [5.74, 6) is 0.177. The second kappa shape index (κ2) is 5.93. The third-order valence-electron chi connectivity index (χ3n) is 3.56. The zero-order chi connectivity index (χ0) is 15.6. The molecule has 110 valence electrons. The summed E-state index contributed by atoms with van der Waals surface area (Å²) in [6.45, 7) is 3.95. The summed E-state index contributed by atoms with van der Waals surface area (Å²) in [5.41, 5.74) is 3.21. The summed E-state index contributed by atoms with van der Waals surface area (Å²) in [4.78, 5) is 10.5. The molecular formula is C16H17NO4. The monoisotopic (exact) mass is 287 g/mol. The number of nitrogens with zero attached hydrogens (tertiary/aromatic N) is 1. The number of hydrogen-bond acceptors (Lipinski definition) is 4. The number of benzene rings is 2. The van der Waals surface area contributed by atoms with Gasteiger partial charge in [-0.2, -0.15) is 0 Å². The summed E-state index contributed by atoms with van der Waals surface area (Å²) >= 11 is 0. The molecule has 0 bridgehead atoms. The number of hydrogen-bond donors (Lipinski definition) is 1. The van der Waals surface area contributed by atoms with Crippen LogP contribution in [0.3, 0.4) is 0 Å². The lowest BCUT2D eigenvalue weighted by atomic mass is 9.97. The van der Waals surface area contributed by atoms with Crippen molar-refractivity contribution >= 4 is 5.69 Å². The van der Waals surface area contributed by atoms with E-state index in [-0.39, 0.29) is 11.4 Å². The number of aryl methyl sites for hydroxylation is 2. The Labute approximate surface area is 123 Å². The van der Waals surface area contributed by atoms with Crippen LogP contribution in [0.4, 0.5) is 5.69 Å². The lowest BCUT2D eigenvalue weighted by Crippen LogP contribution is -2.02. The smallest absolute Gasteiger partial charge is 0.311 e. The normalized spacial score (nSPS) is 12.0. The van der Waals surface area contributed by atoms with Gasteiger partial charge in [-0.1, -0.05) is 24.3 Å². The van der Waals surface area contributed by atoms with E-state index in [1.165, 1.54) is 19.2 Å². The molecule has 1 N–H and O–H groups in total. The van der Waals surface area contributed by atoms with E-state index in [1.54, 1.807) is 6.07 Å². The van der Waals surface area contributed by atoms with Crippen molar-refractivity contribution in [1.82, 2.24) is 0 Å². The van der Waals surface area contributed by atoms with Crippen LogP contribution in [0.25, 0.3) is 0 Å². The predicted octanol–water partition coefficient (Wildman–Crippen LogP) is 3.30. The average Bonchev–Trinajstić information content (AvgIpc) is 2.48. The molecule has 0 aromatic heterocycles. The minimum absolute atomic E-state index is 0.155. The van der Waals surface area contributed by atoms with Crippen molar-refractivity contribution < 1.29 is 14.8 Å².